The first-order valence-corrected chi connectivity index (χ1v) is 8.29. The molecule has 3 rings (SSSR count). The molecule has 1 aromatic heterocycles. The number of ether oxygens (including phenoxy) is 2. The number of pyridine rings is 1. The van der Waals surface area contributed by atoms with Crippen molar-refractivity contribution in [3.05, 3.63) is 89.7 Å². The zero-order valence-corrected chi connectivity index (χ0v) is 15.0. The van der Waals surface area contributed by atoms with Gasteiger partial charge in [-0.1, -0.05) is 30.3 Å². The Morgan fingerprint density at radius 3 is 2.30 bits per heavy atom. The first-order chi connectivity index (χ1) is 13.2. The van der Waals surface area contributed by atoms with E-state index in [2.05, 4.69) is 15.5 Å². The highest BCUT2D eigenvalue weighted by molar-refractivity contribution is 6.13. The molecule has 0 spiro atoms. The lowest BCUT2D eigenvalue weighted by Gasteiger charge is -2.10. The molecular weight excluding hydrogens is 342 g/mol. The number of benzene rings is 2. The number of amides is 1. The van der Waals surface area contributed by atoms with Crippen molar-refractivity contribution in [2.24, 2.45) is 5.10 Å². The van der Waals surface area contributed by atoms with Crippen LogP contribution in [0.15, 0.2) is 78.2 Å². The van der Waals surface area contributed by atoms with Crippen LogP contribution in [-0.4, -0.2) is 30.8 Å². The summed E-state index contributed by atoms with van der Waals surface area (Å²) < 4.78 is 10.4. The van der Waals surface area contributed by atoms with Gasteiger partial charge in [0.1, 0.15) is 0 Å². The van der Waals surface area contributed by atoms with E-state index in [4.69, 9.17) is 9.47 Å². The second-order valence-electron chi connectivity index (χ2n) is 5.58. The maximum Gasteiger partial charge on any atom is 0.271 e. The molecule has 0 aliphatic carbocycles. The Balaban J connectivity index is 1.90. The normalized spacial score (nSPS) is 11.0. The van der Waals surface area contributed by atoms with E-state index in [0.717, 1.165) is 11.1 Å². The predicted molar refractivity (Wildman–Crippen MR) is 103 cm³/mol. The smallest absolute Gasteiger partial charge is 0.271 e. The molecule has 0 atom stereocenters. The van der Waals surface area contributed by atoms with Gasteiger partial charge in [-0.2, -0.15) is 5.10 Å². The van der Waals surface area contributed by atoms with Crippen molar-refractivity contribution in [2.45, 2.75) is 0 Å². The number of carbonyl (C=O) groups is 1. The summed E-state index contributed by atoms with van der Waals surface area (Å²) in [6.45, 7) is 0. The number of rotatable bonds is 6. The van der Waals surface area contributed by atoms with Gasteiger partial charge < -0.3 is 9.47 Å². The number of hydrogen-bond acceptors (Lipinski definition) is 5. The second kappa shape index (κ2) is 8.62. The maximum atomic E-state index is 12.5. The number of nitrogens with one attached hydrogen (secondary N) is 1. The van der Waals surface area contributed by atoms with E-state index < -0.39 is 0 Å². The predicted octanol–water partition coefficient (Wildman–Crippen LogP) is 3.28. The molecule has 27 heavy (non-hydrogen) atoms. The molecule has 3 aromatic rings. The highest BCUT2D eigenvalue weighted by Gasteiger charge is 2.12. The van der Waals surface area contributed by atoms with Crippen molar-refractivity contribution in [1.82, 2.24) is 10.4 Å². The Kier molecular flexibility index (Phi) is 5.79. The topological polar surface area (TPSA) is 72.8 Å². The molecule has 0 aliphatic heterocycles. The number of nitrogens with zero attached hydrogens (tertiary/aromatic N) is 2. The van der Waals surface area contributed by atoms with Gasteiger partial charge in [0.2, 0.25) is 0 Å². The third-order valence-corrected chi connectivity index (χ3v) is 3.90. The van der Waals surface area contributed by atoms with Crippen LogP contribution in [0.25, 0.3) is 0 Å². The van der Waals surface area contributed by atoms with Crippen LogP contribution in [0.3, 0.4) is 0 Å². The largest absolute Gasteiger partial charge is 0.493 e. The van der Waals surface area contributed by atoms with Crippen LogP contribution >= 0.6 is 0 Å². The Bertz CT molecular complexity index is 900. The van der Waals surface area contributed by atoms with Crippen molar-refractivity contribution in [3.8, 4) is 11.5 Å². The van der Waals surface area contributed by atoms with Gasteiger partial charge >= 0.3 is 0 Å². The van der Waals surface area contributed by atoms with Crippen LogP contribution < -0.4 is 14.9 Å². The molecule has 6 heteroatoms. The molecule has 0 aliphatic rings. The van der Waals surface area contributed by atoms with Gasteiger partial charge in [0, 0.05) is 29.1 Å². The average molecular weight is 361 g/mol. The molecule has 0 bridgehead atoms. The van der Waals surface area contributed by atoms with Crippen LogP contribution in [0.2, 0.25) is 0 Å². The Labute approximate surface area is 157 Å². The summed E-state index contributed by atoms with van der Waals surface area (Å²) in [7, 11) is 3.07. The maximum absolute atomic E-state index is 12.5. The van der Waals surface area contributed by atoms with Crippen LogP contribution in [0.4, 0.5) is 0 Å². The van der Waals surface area contributed by atoms with Crippen molar-refractivity contribution < 1.29 is 14.3 Å². The van der Waals surface area contributed by atoms with E-state index in [1.165, 1.54) is 7.11 Å². The number of methoxy groups -OCH3 is 2. The monoisotopic (exact) mass is 361 g/mol. The van der Waals surface area contributed by atoms with Gasteiger partial charge in [0.05, 0.1) is 19.9 Å². The van der Waals surface area contributed by atoms with E-state index in [0.29, 0.717) is 22.8 Å². The minimum Gasteiger partial charge on any atom is -0.493 e. The minimum absolute atomic E-state index is 0.353. The molecule has 0 radical (unpaired) electrons. The van der Waals surface area contributed by atoms with Crippen molar-refractivity contribution in [2.75, 3.05) is 14.2 Å². The van der Waals surface area contributed by atoms with E-state index in [9.17, 15) is 4.79 Å². The molecule has 1 amide bonds. The summed E-state index contributed by atoms with van der Waals surface area (Å²) in [6, 6.07) is 18.3. The standard InChI is InChI=1S/C21H19N3O3/c1-26-18-11-10-16(13-19(18)27-2)21(25)24-23-20(15-7-4-3-5-8-15)17-9-6-12-22-14-17/h3-14H,1-2H3,(H,24,25)/b23-20-. The molecule has 0 saturated carbocycles. The average Bonchev–Trinajstić information content (AvgIpc) is 2.74. The number of aromatic nitrogens is 1. The fraction of sp³-hybridized carbons (Fsp3) is 0.0952. The summed E-state index contributed by atoms with van der Waals surface area (Å²) in [5.41, 5.74) is 5.32. The molecule has 136 valence electrons. The van der Waals surface area contributed by atoms with Crippen molar-refractivity contribution in [3.63, 3.8) is 0 Å². The highest BCUT2D eigenvalue weighted by atomic mass is 16.5. The summed E-state index contributed by atoms with van der Waals surface area (Å²) in [4.78, 5) is 16.7. The van der Waals surface area contributed by atoms with Crippen molar-refractivity contribution >= 4 is 11.6 Å². The summed E-state index contributed by atoms with van der Waals surface area (Å²) in [6.07, 6.45) is 3.39. The minimum atomic E-state index is -0.353. The van der Waals surface area contributed by atoms with E-state index in [1.807, 2.05) is 42.5 Å². The summed E-state index contributed by atoms with van der Waals surface area (Å²) >= 11 is 0. The van der Waals surface area contributed by atoms with Crippen LogP contribution in [0.5, 0.6) is 11.5 Å². The highest BCUT2D eigenvalue weighted by Crippen LogP contribution is 2.27. The molecule has 0 fully saturated rings. The van der Waals surface area contributed by atoms with Gasteiger partial charge in [-0.15, -0.1) is 0 Å². The van der Waals surface area contributed by atoms with Crippen LogP contribution in [-0.2, 0) is 0 Å². The molecule has 2 aromatic carbocycles. The number of hydrazone groups is 1. The Hall–Kier alpha value is -3.67. The van der Waals surface area contributed by atoms with Crippen LogP contribution in [0.1, 0.15) is 21.5 Å². The van der Waals surface area contributed by atoms with Gasteiger partial charge in [0.15, 0.2) is 11.5 Å². The third kappa shape index (κ3) is 4.30. The number of carbonyl (C=O) groups excluding carboxylic acids is 1. The fourth-order valence-corrected chi connectivity index (χ4v) is 2.54. The van der Waals surface area contributed by atoms with E-state index in [-0.39, 0.29) is 5.91 Å². The molecule has 1 N–H and O–H groups in total. The van der Waals surface area contributed by atoms with Gasteiger partial charge in [-0.3, -0.25) is 9.78 Å². The lowest BCUT2D eigenvalue weighted by atomic mass is 10.0. The Morgan fingerprint density at radius 1 is 0.889 bits per heavy atom. The SMILES string of the molecule is COc1ccc(C(=O)N/N=C(/c2ccccc2)c2cccnc2)cc1OC. The first-order valence-electron chi connectivity index (χ1n) is 8.29. The zero-order chi connectivity index (χ0) is 19.1. The molecule has 1 heterocycles. The van der Waals surface area contributed by atoms with Gasteiger partial charge in [-0.25, -0.2) is 5.43 Å². The fourth-order valence-electron chi connectivity index (χ4n) is 2.54. The molecular formula is C21H19N3O3. The quantitative estimate of drug-likeness (QED) is 0.540. The summed E-state index contributed by atoms with van der Waals surface area (Å²) in [5.74, 6) is 0.677. The molecule has 0 unspecified atom stereocenters. The van der Waals surface area contributed by atoms with Crippen molar-refractivity contribution in [1.29, 1.82) is 0 Å². The third-order valence-electron chi connectivity index (χ3n) is 3.90. The lowest BCUT2D eigenvalue weighted by molar-refractivity contribution is 0.0954. The zero-order valence-electron chi connectivity index (χ0n) is 15.0. The second-order valence-corrected chi connectivity index (χ2v) is 5.58. The summed E-state index contributed by atoms with van der Waals surface area (Å²) in [5, 5.41) is 4.34. The van der Waals surface area contributed by atoms with Gasteiger partial charge in [-0.05, 0) is 30.3 Å². The molecule has 6 nitrogen and oxygen atoms in total. The molecule has 0 saturated heterocycles. The Morgan fingerprint density at radius 2 is 1.63 bits per heavy atom. The van der Waals surface area contributed by atoms with E-state index in [1.54, 1.807) is 37.7 Å². The number of hydrogen-bond donors (Lipinski definition) is 1. The first kappa shape index (κ1) is 18.1. The van der Waals surface area contributed by atoms with Gasteiger partial charge in [0.25, 0.3) is 5.91 Å². The van der Waals surface area contributed by atoms with Crippen LogP contribution in [0, 0.1) is 0 Å². The van der Waals surface area contributed by atoms with E-state index >= 15 is 0 Å². The lowest BCUT2D eigenvalue weighted by Crippen LogP contribution is -2.20.